The van der Waals surface area contributed by atoms with Gasteiger partial charge in [0.1, 0.15) is 5.00 Å². The van der Waals surface area contributed by atoms with Gasteiger partial charge in [-0.3, -0.25) is 0 Å². The first-order valence-corrected chi connectivity index (χ1v) is 4.13. The predicted octanol–water partition coefficient (Wildman–Crippen LogP) is 2.64. The topological polar surface area (TPSA) is 29.4 Å². The third kappa shape index (κ3) is 1.39. The summed E-state index contributed by atoms with van der Waals surface area (Å²) in [6.07, 6.45) is 1.55. The summed E-state index contributed by atoms with van der Waals surface area (Å²) in [4.78, 5) is 14.8. The second kappa shape index (κ2) is 2.99. The molecule has 0 radical (unpaired) electrons. The van der Waals surface area contributed by atoms with E-state index < -0.39 is 0 Å². The van der Waals surface area contributed by atoms with Crippen LogP contribution in [0.3, 0.4) is 0 Å². The number of rotatable bonds is 1. The highest BCUT2D eigenvalue weighted by Crippen LogP contribution is 2.33. The van der Waals surface area contributed by atoms with E-state index in [0.717, 1.165) is 10.6 Å². The van der Waals surface area contributed by atoms with Crippen LogP contribution in [0.2, 0.25) is 0 Å². The Kier molecular flexibility index (Phi) is 2.22. The number of hydrogen-bond donors (Lipinski definition) is 0. The smallest absolute Gasteiger partial charge is 0.211 e. The molecule has 0 spiro atoms. The van der Waals surface area contributed by atoms with Gasteiger partial charge in [-0.25, -0.2) is 4.79 Å². The number of thiophene rings is 1. The zero-order valence-corrected chi connectivity index (χ0v) is 7.58. The maximum atomic E-state index is 9.96. The lowest BCUT2D eigenvalue weighted by molar-refractivity contribution is 0.565. The fraction of sp³-hybridized carbons (Fsp3) is 0.375. The molecule has 1 rings (SSSR count). The van der Waals surface area contributed by atoms with Crippen LogP contribution in [0, 0.1) is 20.8 Å². The third-order valence-electron chi connectivity index (χ3n) is 1.81. The molecule has 0 bridgehead atoms. The van der Waals surface area contributed by atoms with E-state index in [0.29, 0.717) is 0 Å². The second-order valence-corrected chi connectivity index (χ2v) is 3.62. The summed E-state index contributed by atoms with van der Waals surface area (Å²) >= 11 is 1.54. The summed E-state index contributed by atoms with van der Waals surface area (Å²) in [6.45, 7) is 6.02. The molecule has 0 fully saturated rings. The molecule has 0 N–H and O–H groups in total. The molecule has 1 aromatic rings. The molecule has 0 aliphatic carbocycles. The highest BCUT2D eigenvalue weighted by molar-refractivity contribution is 7.16. The zero-order valence-electron chi connectivity index (χ0n) is 6.76. The fourth-order valence-corrected chi connectivity index (χ4v) is 1.86. The van der Waals surface area contributed by atoms with E-state index in [1.165, 1.54) is 21.8 Å². The van der Waals surface area contributed by atoms with Gasteiger partial charge in [-0.15, -0.1) is 11.3 Å². The minimum Gasteiger partial charge on any atom is -0.211 e. The lowest BCUT2D eigenvalue weighted by Gasteiger charge is -1.88. The van der Waals surface area contributed by atoms with E-state index >= 15 is 0 Å². The fourth-order valence-electron chi connectivity index (χ4n) is 0.871. The van der Waals surface area contributed by atoms with Crippen LogP contribution in [0.25, 0.3) is 0 Å². The van der Waals surface area contributed by atoms with Crippen molar-refractivity contribution in [3.05, 3.63) is 16.0 Å². The Morgan fingerprint density at radius 1 is 1.27 bits per heavy atom. The zero-order chi connectivity index (χ0) is 8.43. The molecule has 0 atom stereocenters. The Morgan fingerprint density at radius 3 is 2.27 bits per heavy atom. The van der Waals surface area contributed by atoms with Crippen LogP contribution in [0.4, 0.5) is 5.00 Å². The molecule has 0 aliphatic heterocycles. The summed E-state index contributed by atoms with van der Waals surface area (Å²) in [5, 5.41) is 0.787. The van der Waals surface area contributed by atoms with E-state index in [1.54, 1.807) is 6.08 Å². The van der Waals surface area contributed by atoms with Crippen molar-refractivity contribution in [3.63, 3.8) is 0 Å². The number of isocyanates is 1. The molecule has 0 amide bonds. The first-order valence-electron chi connectivity index (χ1n) is 3.31. The van der Waals surface area contributed by atoms with Crippen molar-refractivity contribution in [1.82, 2.24) is 0 Å². The summed E-state index contributed by atoms with van der Waals surface area (Å²) in [5.41, 5.74) is 2.32. The van der Waals surface area contributed by atoms with Gasteiger partial charge >= 0.3 is 0 Å². The van der Waals surface area contributed by atoms with Gasteiger partial charge in [-0.2, -0.15) is 4.99 Å². The lowest BCUT2D eigenvalue weighted by atomic mass is 10.2. The first-order chi connectivity index (χ1) is 5.16. The van der Waals surface area contributed by atoms with Gasteiger partial charge in [-0.05, 0) is 31.9 Å². The molecule has 0 unspecified atom stereocenters. The van der Waals surface area contributed by atoms with Crippen molar-refractivity contribution < 1.29 is 4.79 Å². The highest BCUT2D eigenvalue weighted by Gasteiger charge is 2.06. The average molecular weight is 167 g/mol. The Hall–Kier alpha value is -0.920. The van der Waals surface area contributed by atoms with Gasteiger partial charge in [0.25, 0.3) is 0 Å². The quantitative estimate of drug-likeness (QED) is 0.467. The molecule has 0 saturated heterocycles. The van der Waals surface area contributed by atoms with Crippen molar-refractivity contribution in [3.8, 4) is 0 Å². The summed E-state index contributed by atoms with van der Waals surface area (Å²) in [5.74, 6) is 0. The van der Waals surface area contributed by atoms with Crippen LogP contribution < -0.4 is 0 Å². The van der Waals surface area contributed by atoms with Crippen LogP contribution in [-0.2, 0) is 4.79 Å². The second-order valence-electron chi connectivity index (χ2n) is 2.42. The van der Waals surface area contributed by atoms with E-state index in [2.05, 4.69) is 4.99 Å². The maximum Gasteiger partial charge on any atom is 0.241 e. The Balaban J connectivity index is 3.29. The molecule has 11 heavy (non-hydrogen) atoms. The molecule has 3 heteroatoms. The SMILES string of the molecule is Cc1sc(N=C=O)c(C)c1C. The van der Waals surface area contributed by atoms with E-state index in [1.807, 2.05) is 20.8 Å². The highest BCUT2D eigenvalue weighted by atomic mass is 32.1. The lowest BCUT2D eigenvalue weighted by Crippen LogP contribution is -1.72. The van der Waals surface area contributed by atoms with Crippen LogP contribution in [0.5, 0.6) is 0 Å². The minimum absolute atomic E-state index is 0.787. The average Bonchev–Trinajstić information content (AvgIpc) is 2.19. The van der Waals surface area contributed by atoms with Crippen molar-refractivity contribution in [2.75, 3.05) is 0 Å². The van der Waals surface area contributed by atoms with Gasteiger partial charge in [0.15, 0.2) is 0 Å². The van der Waals surface area contributed by atoms with Gasteiger partial charge < -0.3 is 0 Å². The Bertz CT molecular complexity index is 321. The molecular formula is C8H9NOS. The Morgan fingerprint density at radius 2 is 1.91 bits per heavy atom. The molecule has 1 aromatic heterocycles. The molecule has 0 aliphatic rings. The monoisotopic (exact) mass is 167 g/mol. The molecular weight excluding hydrogens is 158 g/mol. The van der Waals surface area contributed by atoms with Crippen molar-refractivity contribution in [2.45, 2.75) is 20.8 Å². The van der Waals surface area contributed by atoms with E-state index in [-0.39, 0.29) is 0 Å². The van der Waals surface area contributed by atoms with Crippen LogP contribution in [0.15, 0.2) is 4.99 Å². The van der Waals surface area contributed by atoms with Gasteiger partial charge in [0.2, 0.25) is 6.08 Å². The van der Waals surface area contributed by atoms with Gasteiger partial charge in [0, 0.05) is 4.88 Å². The molecule has 2 nitrogen and oxygen atoms in total. The summed E-state index contributed by atoms with van der Waals surface area (Å²) < 4.78 is 0. The van der Waals surface area contributed by atoms with Crippen molar-refractivity contribution >= 4 is 22.4 Å². The third-order valence-corrected chi connectivity index (χ3v) is 3.01. The van der Waals surface area contributed by atoms with Gasteiger partial charge in [-0.1, -0.05) is 0 Å². The Labute approximate surface area is 69.6 Å². The summed E-state index contributed by atoms with van der Waals surface area (Å²) in [7, 11) is 0. The van der Waals surface area contributed by atoms with Crippen LogP contribution in [0.1, 0.15) is 16.0 Å². The largest absolute Gasteiger partial charge is 0.241 e. The normalized spacial score (nSPS) is 9.36. The number of aryl methyl sites for hydroxylation is 1. The molecule has 1 heterocycles. The molecule has 58 valence electrons. The molecule has 0 aromatic carbocycles. The van der Waals surface area contributed by atoms with E-state index in [4.69, 9.17) is 0 Å². The van der Waals surface area contributed by atoms with Gasteiger partial charge in [0.05, 0.1) is 0 Å². The number of carbonyl (C=O) groups excluding carboxylic acids is 1. The van der Waals surface area contributed by atoms with Crippen LogP contribution in [-0.4, -0.2) is 6.08 Å². The predicted molar refractivity (Wildman–Crippen MR) is 46.3 cm³/mol. The number of aliphatic imine (C=N–C) groups is 1. The number of nitrogens with zero attached hydrogens (tertiary/aromatic N) is 1. The van der Waals surface area contributed by atoms with Crippen molar-refractivity contribution in [1.29, 1.82) is 0 Å². The van der Waals surface area contributed by atoms with Crippen molar-refractivity contribution in [2.24, 2.45) is 4.99 Å². The minimum atomic E-state index is 0.787. The van der Waals surface area contributed by atoms with E-state index in [9.17, 15) is 4.79 Å². The van der Waals surface area contributed by atoms with Crippen LogP contribution >= 0.6 is 11.3 Å². The molecule has 0 saturated carbocycles. The standard InChI is InChI=1S/C8H9NOS/c1-5-6(2)8(9-4-10)11-7(5)3/h1-3H3. The maximum absolute atomic E-state index is 9.96. The number of hydrogen-bond acceptors (Lipinski definition) is 3. The first kappa shape index (κ1) is 8.18. The summed E-state index contributed by atoms with van der Waals surface area (Å²) in [6, 6.07) is 0.